The number of aliphatic carboxylic acids is 2. The summed E-state index contributed by atoms with van der Waals surface area (Å²) in [5, 5.41) is 17.6. The van der Waals surface area contributed by atoms with Crippen molar-refractivity contribution in [2.45, 2.75) is 116 Å². The quantitative estimate of drug-likeness (QED) is 0.234. The zero-order chi connectivity index (χ0) is 22.9. The van der Waals surface area contributed by atoms with Crippen LogP contribution in [0.5, 0.6) is 5.75 Å². The highest BCUT2D eigenvalue weighted by molar-refractivity contribution is 5.66. The second-order valence-corrected chi connectivity index (χ2v) is 8.51. The zero-order valence-electron chi connectivity index (χ0n) is 19.5. The van der Waals surface area contributed by atoms with Gasteiger partial charge in [0.05, 0.1) is 6.10 Å². The van der Waals surface area contributed by atoms with Crippen molar-refractivity contribution in [2.24, 2.45) is 0 Å². The second kappa shape index (κ2) is 16.6. The van der Waals surface area contributed by atoms with Gasteiger partial charge >= 0.3 is 11.9 Å². The summed E-state index contributed by atoms with van der Waals surface area (Å²) in [5.74, 6) is -0.524. The van der Waals surface area contributed by atoms with Crippen LogP contribution in [0.3, 0.4) is 0 Å². The van der Waals surface area contributed by atoms with Crippen molar-refractivity contribution in [3.05, 3.63) is 29.3 Å². The largest absolute Gasteiger partial charge is 0.490 e. The van der Waals surface area contributed by atoms with Crippen molar-refractivity contribution < 1.29 is 24.5 Å². The molecule has 0 bridgehead atoms. The molecule has 31 heavy (non-hydrogen) atoms. The fourth-order valence-corrected chi connectivity index (χ4v) is 3.90. The maximum atomic E-state index is 10.7. The van der Waals surface area contributed by atoms with Crippen molar-refractivity contribution >= 4 is 11.9 Å². The van der Waals surface area contributed by atoms with Crippen LogP contribution in [0.4, 0.5) is 0 Å². The van der Waals surface area contributed by atoms with Gasteiger partial charge in [0.25, 0.3) is 0 Å². The molecule has 0 fully saturated rings. The lowest BCUT2D eigenvalue weighted by Gasteiger charge is -2.20. The Morgan fingerprint density at radius 1 is 0.774 bits per heavy atom. The Morgan fingerprint density at radius 3 is 1.94 bits per heavy atom. The Balaban J connectivity index is 2.74. The third-order valence-electron chi connectivity index (χ3n) is 5.64. The number of carboxylic acids is 2. The molecule has 0 radical (unpaired) electrons. The number of hydrogen-bond acceptors (Lipinski definition) is 3. The number of carboxylic acid groups (broad SMARTS) is 2. The van der Waals surface area contributed by atoms with Crippen molar-refractivity contribution in [1.29, 1.82) is 0 Å². The fourth-order valence-electron chi connectivity index (χ4n) is 3.90. The topological polar surface area (TPSA) is 83.8 Å². The summed E-state index contributed by atoms with van der Waals surface area (Å²) in [6.45, 7) is 4.40. The van der Waals surface area contributed by atoms with Crippen LogP contribution in [-0.2, 0) is 22.4 Å². The first-order valence-corrected chi connectivity index (χ1v) is 12.2. The first-order chi connectivity index (χ1) is 15.0. The van der Waals surface area contributed by atoms with Gasteiger partial charge in [-0.25, -0.2) is 0 Å². The third-order valence-corrected chi connectivity index (χ3v) is 5.64. The number of ether oxygens (including phenoxy) is 1. The van der Waals surface area contributed by atoms with Crippen molar-refractivity contribution in [1.82, 2.24) is 0 Å². The summed E-state index contributed by atoms with van der Waals surface area (Å²) in [4.78, 5) is 21.4. The van der Waals surface area contributed by atoms with Gasteiger partial charge in [0, 0.05) is 12.8 Å². The molecule has 0 saturated heterocycles. The number of carbonyl (C=O) groups is 2. The summed E-state index contributed by atoms with van der Waals surface area (Å²) >= 11 is 0. The molecule has 1 aromatic rings. The minimum Gasteiger partial charge on any atom is -0.490 e. The van der Waals surface area contributed by atoms with Gasteiger partial charge in [-0.1, -0.05) is 52.0 Å². The van der Waals surface area contributed by atoms with Gasteiger partial charge in [0.2, 0.25) is 0 Å². The molecule has 0 spiro atoms. The first kappa shape index (κ1) is 27.0. The van der Waals surface area contributed by atoms with Gasteiger partial charge in [0.15, 0.2) is 0 Å². The van der Waals surface area contributed by atoms with E-state index >= 15 is 0 Å². The van der Waals surface area contributed by atoms with Crippen molar-refractivity contribution in [3.8, 4) is 5.75 Å². The monoisotopic (exact) mass is 434 g/mol. The fraction of sp³-hybridized carbons (Fsp3) is 0.692. The lowest BCUT2D eigenvalue weighted by atomic mass is 9.96. The number of rotatable bonds is 19. The molecule has 0 aliphatic heterocycles. The van der Waals surface area contributed by atoms with Crippen LogP contribution < -0.4 is 4.74 Å². The maximum Gasteiger partial charge on any atom is 0.303 e. The molecule has 1 aromatic carbocycles. The molecule has 5 nitrogen and oxygen atoms in total. The first-order valence-electron chi connectivity index (χ1n) is 12.2. The summed E-state index contributed by atoms with van der Waals surface area (Å²) in [5.41, 5.74) is 2.60. The van der Waals surface area contributed by atoms with E-state index in [-0.39, 0.29) is 18.9 Å². The Hall–Kier alpha value is -2.04. The minimum atomic E-state index is -0.730. The highest BCUT2D eigenvalue weighted by Gasteiger charge is 2.12. The molecule has 1 unspecified atom stereocenters. The average Bonchev–Trinajstić information content (AvgIpc) is 2.72. The van der Waals surface area contributed by atoms with Gasteiger partial charge in [-0.15, -0.1) is 0 Å². The molecule has 1 atom stereocenters. The number of hydrogen-bond donors (Lipinski definition) is 2. The average molecular weight is 435 g/mol. The smallest absolute Gasteiger partial charge is 0.303 e. The van der Waals surface area contributed by atoms with E-state index in [1.807, 2.05) is 0 Å². The molecule has 5 heteroatoms. The maximum absolute atomic E-state index is 10.7. The standard InChI is InChI=1S/C26H42O5/c1-3-5-15-23(12-4-2)31-24-19-18-21(13-8-6-10-16-25(27)28)22(20-24)14-9-7-11-17-26(29)30/h18-20,23H,3-17H2,1-2H3,(H,27,28)(H,29,30). The molecule has 1 rings (SSSR count). The van der Waals surface area contributed by atoms with Gasteiger partial charge in [0.1, 0.15) is 5.75 Å². The van der Waals surface area contributed by atoms with E-state index in [9.17, 15) is 9.59 Å². The Kier molecular flexibility index (Phi) is 14.5. The van der Waals surface area contributed by atoms with E-state index in [0.29, 0.717) is 6.42 Å². The normalized spacial score (nSPS) is 11.9. The van der Waals surface area contributed by atoms with E-state index < -0.39 is 11.9 Å². The lowest BCUT2D eigenvalue weighted by molar-refractivity contribution is -0.138. The SMILES string of the molecule is CCCCC(CCC)Oc1ccc(CCCCCC(=O)O)c(CCCCCC(=O)O)c1. The predicted octanol–water partition coefficient (Wildman–Crippen LogP) is 6.80. The molecule has 2 N–H and O–H groups in total. The molecule has 0 amide bonds. The minimum absolute atomic E-state index is 0.232. The van der Waals surface area contributed by atoms with Gasteiger partial charge in [-0.3, -0.25) is 9.59 Å². The summed E-state index contributed by atoms with van der Waals surface area (Å²) in [7, 11) is 0. The number of benzene rings is 1. The van der Waals surface area contributed by atoms with Crippen LogP contribution in [0, 0.1) is 0 Å². The number of aryl methyl sites for hydroxylation is 2. The van der Waals surface area contributed by atoms with E-state index in [1.54, 1.807) is 0 Å². The molecule has 0 saturated carbocycles. The summed E-state index contributed by atoms with van der Waals surface area (Å²) in [6, 6.07) is 6.43. The Morgan fingerprint density at radius 2 is 1.39 bits per heavy atom. The highest BCUT2D eigenvalue weighted by Crippen LogP contribution is 2.25. The third kappa shape index (κ3) is 13.1. The van der Waals surface area contributed by atoms with Crippen LogP contribution in [0.25, 0.3) is 0 Å². The van der Waals surface area contributed by atoms with Crippen LogP contribution in [0.1, 0.15) is 108 Å². The highest BCUT2D eigenvalue weighted by atomic mass is 16.5. The molecule has 176 valence electrons. The Labute approximate surface area is 188 Å². The van der Waals surface area contributed by atoms with Crippen molar-refractivity contribution in [2.75, 3.05) is 0 Å². The molecular weight excluding hydrogens is 392 g/mol. The predicted molar refractivity (Wildman–Crippen MR) is 125 cm³/mol. The van der Waals surface area contributed by atoms with Gasteiger partial charge in [-0.2, -0.15) is 0 Å². The number of unbranched alkanes of at least 4 members (excludes halogenated alkanes) is 5. The van der Waals surface area contributed by atoms with Gasteiger partial charge < -0.3 is 14.9 Å². The zero-order valence-corrected chi connectivity index (χ0v) is 19.5. The summed E-state index contributed by atoms with van der Waals surface area (Å²) < 4.78 is 6.34. The molecule has 0 heterocycles. The van der Waals surface area contributed by atoms with E-state index in [2.05, 4.69) is 32.0 Å². The van der Waals surface area contributed by atoms with E-state index in [1.165, 1.54) is 24.0 Å². The van der Waals surface area contributed by atoms with Gasteiger partial charge in [-0.05, 0) is 74.6 Å². The van der Waals surface area contributed by atoms with Crippen LogP contribution in [-0.4, -0.2) is 28.3 Å². The summed E-state index contributed by atoms with van der Waals surface area (Å²) in [6.07, 6.45) is 13.4. The molecular formula is C26H42O5. The molecule has 0 aliphatic carbocycles. The van der Waals surface area contributed by atoms with E-state index in [4.69, 9.17) is 14.9 Å². The van der Waals surface area contributed by atoms with Crippen LogP contribution in [0.15, 0.2) is 18.2 Å². The molecule has 0 aliphatic rings. The lowest BCUT2D eigenvalue weighted by Crippen LogP contribution is -2.16. The van der Waals surface area contributed by atoms with E-state index in [0.717, 1.165) is 70.0 Å². The van der Waals surface area contributed by atoms with Crippen molar-refractivity contribution in [3.63, 3.8) is 0 Å². The van der Waals surface area contributed by atoms with Crippen LogP contribution >= 0.6 is 0 Å². The van der Waals surface area contributed by atoms with Crippen LogP contribution in [0.2, 0.25) is 0 Å². The Bertz CT molecular complexity index is 641. The second-order valence-electron chi connectivity index (χ2n) is 8.51. The molecule has 0 aromatic heterocycles.